The number of hydrogen-bond donors (Lipinski definition) is 0. The van der Waals surface area contributed by atoms with E-state index >= 15 is 0 Å². The predicted molar refractivity (Wildman–Crippen MR) is 84.3 cm³/mol. The fraction of sp³-hybridized carbons (Fsp3) is 0.278. The monoisotopic (exact) mass is 267 g/mol. The maximum atomic E-state index is 11.6. The van der Waals surface area contributed by atoms with E-state index in [-0.39, 0.29) is 0 Å². The number of carbonyl (C=O) groups is 1. The number of likely N-dealkylation sites (N-methyl/N-ethyl adjacent to an activating group) is 1. The Hall–Kier alpha value is -2.09. The van der Waals surface area contributed by atoms with Gasteiger partial charge < -0.3 is 9.69 Å². The van der Waals surface area contributed by atoms with Crippen LogP contribution in [0.5, 0.6) is 0 Å². The summed E-state index contributed by atoms with van der Waals surface area (Å²) in [4.78, 5) is 13.7. The summed E-state index contributed by atoms with van der Waals surface area (Å²) in [5.74, 6) is 0. The van der Waals surface area contributed by atoms with Gasteiger partial charge in [0.2, 0.25) is 0 Å². The van der Waals surface area contributed by atoms with E-state index in [9.17, 15) is 4.79 Å². The van der Waals surface area contributed by atoms with Crippen molar-refractivity contribution in [2.75, 3.05) is 18.5 Å². The first kappa shape index (κ1) is 14.3. The molecule has 2 heteroatoms. The molecular formula is C18H21NO. The van der Waals surface area contributed by atoms with Gasteiger partial charge >= 0.3 is 0 Å². The second-order valence-electron chi connectivity index (χ2n) is 5.59. The maximum absolute atomic E-state index is 11.6. The summed E-state index contributed by atoms with van der Waals surface area (Å²) in [6.45, 7) is 4.72. The highest BCUT2D eigenvalue weighted by molar-refractivity contribution is 5.69. The van der Waals surface area contributed by atoms with Crippen LogP contribution in [-0.4, -0.2) is 19.9 Å². The van der Waals surface area contributed by atoms with Gasteiger partial charge in [-0.2, -0.15) is 0 Å². The molecule has 2 aromatic rings. The molecule has 0 bridgehead atoms. The van der Waals surface area contributed by atoms with Crippen molar-refractivity contribution in [1.82, 2.24) is 0 Å². The van der Waals surface area contributed by atoms with Crippen molar-refractivity contribution in [3.05, 3.63) is 65.7 Å². The van der Waals surface area contributed by atoms with Crippen LogP contribution in [0, 0.1) is 6.92 Å². The number of aryl methyl sites for hydroxylation is 1. The molecule has 0 saturated carbocycles. The largest absolute Gasteiger partial charge is 0.373 e. The van der Waals surface area contributed by atoms with Crippen molar-refractivity contribution in [3.8, 4) is 0 Å². The van der Waals surface area contributed by atoms with E-state index in [1.165, 1.54) is 5.56 Å². The van der Waals surface area contributed by atoms with Crippen LogP contribution in [0.1, 0.15) is 18.1 Å². The highest BCUT2D eigenvalue weighted by Gasteiger charge is 2.27. The SMILES string of the molecule is Cc1ccc(N(C)CC(C)(C=O)c2ccccc2)cc1. The van der Waals surface area contributed by atoms with Crippen molar-refractivity contribution in [2.45, 2.75) is 19.3 Å². The quantitative estimate of drug-likeness (QED) is 0.772. The Morgan fingerprint density at radius 1 is 1.05 bits per heavy atom. The number of nitrogens with zero attached hydrogens (tertiary/aromatic N) is 1. The molecule has 2 nitrogen and oxygen atoms in total. The minimum absolute atomic E-state index is 0.499. The highest BCUT2D eigenvalue weighted by Crippen LogP contribution is 2.25. The fourth-order valence-corrected chi connectivity index (χ4v) is 2.40. The summed E-state index contributed by atoms with van der Waals surface area (Å²) in [7, 11) is 2.02. The van der Waals surface area contributed by atoms with Gasteiger partial charge in [0.1, 0.15) is 6.29 Å². The topological polar surface area (TPSA) is 20.3 Å². The molecule has 0 radical (unpaired) electrons. The summed E-state index contributed by atoms with van der Waals surface area (Å²) < 4.78 is 0. The van der Waals surface area contributed by atoms with Crippen LogP contribution in [0.15, 0.2) is 54.6 Å². The van der Waals surface area contributed by atoms with E-state index in [0.29, 0.717) is 6.54 Å². The summed E-state index contributed by atoms with van der Waals surface area (Å²) in [5.41, 5.74) is 2.91. The Kier molecular flexibility index (Phi) is 4.23. The molecule has 2 rings (SSSR count). The molecule has 1 unspecified atom stereocenters. The molecule has 20 heavy (non-hydrogen) atoms. The van der Waals surface area contributed by atoms with Gasteiger partial charge in [-0.1, -0.05) is 48.0 Å². The Labute approximate surface area is 121 Å². The lowest BCUT2D eigenvalue weighted by Gasteiger charge is -2.31. The van der Waals surface area contributed by atoms with Gasteiger partial charge in [0.05, 0.1) is 5.41 Å². The molecule has 104 valence electrons. The predicted octanol–water partition coefficient (Wildman–Crippen LogP) is 3.59. The lowest BCUT2D eigenvalue weighted by molar-refractivity contribution is -0.111. The average molecular weight is 267 g/mol. The molecule has 0 aliphatic carbocycles. The van der Waals surface area contributed by atoms with Crippen LogP contribution in [0.2, 0.25) is 0 Å². The zero-order chi connectivity index (χ0) is 14.6. The third-order valence-corrected chi connectivity index (χ3v) is 3.73. The Bertz CT molecular complexity index is 562. The second-order valence-corrected chi connectivity index (χ2v) is 5.59. The molecule has 0 aliphatic heterocycles. The lowest BCUT2D eigenvalue weighted by atomic mass is 9.83. The standard InChI is InChI=1S/C18H21NO/c1-15-9-11-17(12-10-15)19(3)13-18(2,14-20)16-7-5-4-6-8-16/h4-12,14H,13H2,1-3H3. The van der Waals surface area contributed by atoms with Gasteiger partial charge in [-0.25, -0.2) is 0 Å². The van der Waals surface area contributed by atoms with Crippen molar-refractivity contribution in [2.24, 2.45) is 0 Å². The molecule has 2 aromatic carbocycles. The third-order valence-electron chi connectivity index (χ3n) is 3.73. The van der Waals surface area contributed by atoms with Gasteiger partial charge in [-0.05, 0) is 31.5 Å². The van der Waals surface area contributed by atoms with Gasteiger partial charge in [-0.3, -0.25) is 0 Å². The van der Waals surface area contributed by atoms with E-state index in [4.69, 9.17) is 0 Å². The van der Waals surface area contributed by atoms with Crippen LogP contribution in [-0.2, 0) is 10.2 Å². The molecule has 0 aliphatic rings. The first-order chi connectivity index (χ1) is 9.55. The minimum atomic E-state index is -0.499. The summed E-state index contributed by atoms with van der Waals surface area (Å²) in [6, 6.07) is 18.3. The van der Waals surface area contributed by atoms with Gasteiger partial charge in [0.15, 0.2) is 0 Å². The van der Waals surface area contributed by atoms with Crippen LogP contribution < -0.4 is 4.90 Å². The highest BCUT2D eigenvalue weighted by atomic mass is 16.1. The van der Waals surface area contributed by atoms with Crippen molar-refractivity contribution >= 4 is 12.0 Å². The van der Waals surface area contributed by atoms with Crippen LogP contribution in [0.4, 0.5) is 5.69 Å². The lowest BCUT2D eigenvalue weighted by Crippen LogP contribution is -2.38. The van der Waals surface area contributed by atoms with Crippen molar-refractivity contribution < 1.29 is 4.79 Å². The number of carbonyl (C=O) groups excluding carboxylic acids is 1. The second kappa shape index (κ2) is 5.91. The van der Waals surface area contributed by atoms with Crippen molar-refractivity contribution in [3.63, 3.8) is 0 Å². The van der Waals surface area contributed by atoms with Crippen LogP contribution in [0.25, 0.3) is 0 Å². The average Bonchev–Trinajstić information content (AvgIpc) is 2.48. The summed E-state index contributed by atoms with van der Waals surface area (Å²) >= 11 is 0. The van der Waals surface area contributed by atoms with E-state index in [1.807, 2.05) is 44.3 Å². The van der Waals surface area contributed by atoms with Crippen LogP contribution >= 0.6 is 0 Å². The molecule has 0 N–H and O–H groups in total. The zero-order valence-electron chi connectivity index (χ0n) is 12.3. The molecular weight excluding hydrogens is 246 g/mol. The normalized spacial score (nSPS) is 13.6. The molecule has 1 atom stereocenters. The molecule has 0 fully saturated rings. The molecule has 0 saturated heterocycles. The smallest absolute Gasteiger partial charge is 0.132 e. The number of anilines is 1. The molecule has 0 aromatic heterocycles. The number of rotatable bonds is 5. The summed E-state index contributed by atoms with van der Waals surface area (Å²) in [6.07, 6.45) is 1.05. The van der Waals surface area contributed by atoms with Crippen molar-refractivity contribution in [1.29, 1.82) is 0 Å². The van der Waals surface area contributed by atoms with Gasteiger partial charge in [0.25, 0.3) is 0 Å². The minimum Gasteiger partial charge on any atom is -0.373 e. The Balaban J connectivity index is 2.21. The zero-order valence-corrected chi connectivity index (χ0v) is 12.3. The Morgan fingerprint density at radius 3 is 2.20 bits per heavy atom. The van der Waals surface area contributed by atoms with E-state index < -0.39 is 5.41 Å². The van der Waals surface area contributed by atoms with E-state index in [1.54, 1.807) is 0 Å². The maximum Gasteiger partial charge on any atom is 0.132 e. The fourth-order valence-electron chi connectivity index (χ4n) is 2.40. The first-order valence-corrected chi connectivity index (χ1v) is 6.85. The Morgan fingerprint density at radius 2 is 1.65 bits per heavy atom. The molecule has 0 amide bonds. The molecule has 0 spiro atoms. The van der Waals surface area contributed by atoms with E-state index in [0.717, 1.165) is 17.5 Å². The number of aldehydes is 1. The van der Waals surface area contributed by atoms with Crippen LogP contribution in [0.3, 0.4) is 0 Å². The first-order valence-electron chi connectivity index (χ1n) is 6.85. The van der Waals surface area contributed by atoms with E-state index in [2.05, 4.69) is 36.1 Å². The number of hydrogen-bond acceptors (Lipinski definition) is 2. The number of benzene rings is 2. The van der Waals surface area contributed by atoms with Gasteiger partial charge in [0, 0.05) is 19.3 Å². The molecule has 0 heterocycles. The summed E-state index contributed by atoms with van der Waals surface area (Å²) in [5, 5.41) is 0. The van der Waals surface area contributed by atoms with Gasteiger partial charge in [-0.15, -0.1) is 0 Å². The third kappa shape index (κ3) is 3.08.